The van der Waals surface area contributed by atoms with Crippen LogP contribution in [0.2, 0.25) is 0 Å². The number of halogens is 1. The molecule has 0 aliphatic carbocycles. The Bertz CT molecular complexity index is 765. The molecule has 1 aromatic heterocycles. The second kappa shape index (κ2) is 8.88. The van der Waals surface area contributed by atoms with Gasteiger partial charge in [0.25, 0.3) is 5.91 Å². The summed E-state index contributed by atoms with van der Waals surface area (Å²) >= 11 is 5.09. The SMILES string of the molecule is COc1cc(C(=O)N2CCCN(C)CC2)ccc1OCc1ccc(Br)s1. The standard InChI is InChI=1S/C19H23BrN2O3S/c1-21-8-3-9-22(11-10-21)19(23)14-4-6-16(17(12-14)24-2)25-13-15-5-7-18(20)26-15/h4-7,12H,3,8-11,13H2,1-2H3. The molecule has 1 saturated heterocycles. The lowest BCUT2D eigenvalue weighted by molar-refractivity contribution is 0.0762. The summed E-state index contributed by atoms with van der Waals surface area (Å²) in [4.78, 5) is 18.1. The molecule has 0 atom stereocenters. The minimum Gasteiger partial charge on any atom is -0.493 e. The molecule has 26 heavy (non-hydrogen) atoms. The van der Waals surface area contributed by atoms with Gasteiger partial charge in [-0.3, -0.25) is 4.79 Å². The van der Waals surface area contributed by atoms with Crippen LogP contribution >= 0.6 is 27.3 Å². The Labute approximate surface area is 166 Å². The Morgan fingerprint density at radius 1 is 1.15 bits per heavy atom. The molecular weight excluding hydrogens is 416 g/mol. The topological polar surface area (TPSA) is 42.0 Å². The number of ether oxygens (including phenoxy) is 2. The predicted octanol–water partition coefficient (Wildman–Crippen LogP) is 3.88. The van der Waals surface area contributed by atoms with E-state index in [0.717, 1.165) is 41.3 Å². The van der Waals surface area contributed by atoms with E-state index in [0.29, 0.717) is 23.7 Å². The number of nitrogens with zero attached hydrogens (tertiary/aromatic N) is 2. The highest BCUT2D eigenvalue weighted by Crippen LogP contribution is 2.31. The smallest absolute Gasteiger partial charge is 0.254 e. The maximum Gasteiger partial charge on any atom is 0.254 e. The van der Waals surface area contributed by atoms with E-state index in [9.17, 15) is 4.79 Å². The number of hydrogen-bond donors (Lipinski definition) is 0. The van der Waals surface area contributed by atoms with Crippen molar-refractivity contribution in [2.45, 2.75) is 13.0 Å². The maximum atomic E-state index is 12.8. The van der Waals surface area contributed by atoms with Gasteiger partial charge < -0.3 is 19.3 Å². The van der Waals surface area contributed by atoms with Crippen molar-refractivity contribution >= 4 is 33.2 Å². The van der Waals surface area contributed by atoms with Crippen molar-refractivity contribution in [1.29, 1.82) is 0 Å². The lowest BCUT2D eigenvalue weighted by atomic mass is 10.1. The maximum absolute atomic E-state index is 12.8. The van der Waals surface area contributed by atoms with Gasteiger partial charge in [-0.15, -0.1) is 11.3 Å². The lowest BCUT2D eigenvalue weighted by Gasteiger charge is -2.21. The lowest BCUT2D eigenvalue weighted by Crippen LogP contribution is -2.34. The molecule has 0 bridgehead atoms. The van der Waals surface area contributed by atoms with Crippen molar-refractivity contribution in [2.24, 2.45) is 0 Å². The molecular formula is C19H23BrN2O3S. The summed E-state index contributed by atoms with van der Waals surface area (Å²) in [6.45, 7) is 3.94. The zero-order chi connectivity index (χ0) is 18.5. The van der Waals surface area contributed by atoms with Crippen molar-refractivity contribution in [3.05, 3.63) is 44.6 Å². The van der Waals surface area contributed by atoms with Gasteiger partial charge in [-0.25, -0.2) is 0 Å². The van der Waals surface area contributed by atoms with Crippen LogP contribution in [0.25, 0.3) is 0 Å². The highest BCUT2D eigenvalue weighted by atomic mass is 79.9. The molecule has 2 heterocycles. The molecule has 1 aliphatic heterocycles. The van der Waals surface area contributed by atoms with Crippen LogP contribution in [-0.2, 0) is 6.61 Å². The molecule has 140 valence electrons. The highest BCUT2D eigenvalue weighted by molar-refractivity contribution is 9.11. The van der Waals surface area contributed by atoms with Crippen molar-refractivity contribution in [3.63, 3.8) is 0 Å². The van der Waals surface area contributed by atoms with Crippen LogP contribution in [-0.4, -0.2) is 56.0 Å². The van der Waals surface area contributed by atoms with Gasteiger partial charge in [0.05, 0.1) is 10.9 Å². The fourth-order valence-corrected chi connectivity index (χ4v) is 4.33. The largest absolute Gasteiger partial charge is 0.493 e. The van der Waals surface area contributed by atoms with Crippen LogP contribution < -0.4 is 9.47 Å². The minimum absolute atomic E-state index is 0.0485. The molecule has 1 aromatic carbocycles. The summed E-state index contributed by atoms with van der Waals surface area (Å²) in [5, 5.41) is 0. The summed E-state index contributed by atoms with van der Waals surface area (Å²) in [6, 6.07) is 9.44. The fraction of sp³-hybridized carbons (Fsp3) is 0.421. The fourth-order valence-electron chi connectivity index (χ4n) is 2.93. The first kappa shape index (κ1) is 19.2. The van der Waals surface area contributed by atoms with Crippen molar-refractivity contribution < 1.29 is 14.3 Å². The van der Waals surface area contributed by atoms with E-state index in [-0.39, 0.29) is 5.91 Å². The number of benzene rings is 1. The Morgan fingerprint density at radius 2 is 2.00 bits per heavy atom. The summed E-state index contributed by atoms with van der Waals surface area (Å²) in [5.74, 6) is 1.27. The second-order valence-corrected chi connectivity index (χ2v) is 8.86. The van der Waals surface area contributed by atoms with Crippen LogP contribution in [0, 0.1) is 0 Å². The quantitative estimate of drug-likeness (QED) is 0.710. The van der Waals surface area contributed by atoms with Gasteiger partial charge in [-0.05, 0) is 66.3 Å². The number of hydrogen-bond acceptors (Lipinski definition) is 5. The minimum atomic E-state index is 0.0485. The van der Waals surface area contributed by atoms with E-state index in [4.69, 9.17) is 9.47 Å². The van der Waals surface area contributed by atoms with Gasteiger partial charge in [0.15, 0.2) is 11.5 Å². The molecule has 1 amide bonds. The van der Waals surface area contributed by atoms with Crippen LogP contribution in [0.1, 0.15) is 21.7 Å². The van der Waals surface area contributed by atoms with Gasteiger partial charge in [-0.1, -0.05) is 0 Å². The van der Waals surface area contributed by atoms with Crippen LogP contribution in [0.3, 0.4) is 0 Å². The summed E-state index contributed by atoms with van der Waals surface area (Å²) in [5.41, 5.74) is 0.637. The number of amides is 1. The number of carbonyl (C=O) groups excluding carboxylic acids is 1. The number of rotatable bonds is 5. The third-order valence-electron chi connectivity index (χ3n) is 4.42. The number of methoxy groups -OCH3 is 1. The Balaban J connectivity index is 1.70. The van der Waals surface area contributed by atoms with Crippen LogP contribution in [0.5, 0.6) is 11.5 Å². The molecule has 0 spiro atoms. The van der Waals surface area contributed by atoms with Gasteiger partial charge in [0.1, 0.15) is 6.61 Å². The normalized spacial score (nSPS) is 15.6. The molecule has 0 saturated carbocycles. The molecule has 7 heteroatoms. The molecule has 1 fully saturated rings. The summed E-state index contributed by atoms with van der Waals surface area (Å²) < 4.78 is 12.4. The van der Waals surface area contributed by atoms with E-state index in [1.807, 2.05) is 29.2 Å². The highest BCUT2D eigenvalue weighted by Gasteiger charge is 2.20. The molecule has 5 nitrogen and oxygen atoms in total. The van der Waals surface area contributed by atoms with E-state index >= 15 is 0 Å². The van der Waals surface area contributed by atoms with E-state index < -0.39 is 0 Å². The summed E-state index contributed by atoms with van der Waals surface area (Å²) in [7, 11) is 3.69. The Morgan fingerprint density at radius 3 is 2.73 bits per heavy atom. The van der Waals surface area contributed by atoms with Gasteiger partial charge in [-0.2, -0.15) is 0 Å². The number of carbonyl (C=O) groups is 1. The van der Waals surface area contributed by atoms with E-state index in [1.165, 1.54) is 0 Å². The van der Waals surface area contributed by atoms with E-state index in [2.05, 4.69) is 27.9 Å². The molecule has 0 unspecified atom stereocenters. The van der Waals surface area contributed by atoms with Crippen molar-refractivity contribution in [1.82, 2.24) is 9.80 Å². The zero-order valence-corrected chi connectivity index (χ0v) is 17.4. The number of thiophene rings is 1. The molecule has 0 N–H and O–H groups in total. The number of likely N-dealkylation sites (N-methyl/N-ethyl adjacent to an activating group) is 1. The third kappa shape index (κ3) is 4.78. The molecule has 3 rings (SSSR count). The zero-order valence-electron chi connectivity index (χ0n) is 15.0. The second-order valence-electron chi connectivity index (χ2n) is 6.31. The third-order valence-corrected chi connectivity index (χ3v) is 6.01. The molecule has 0 radical (unpaired) electrons. The average Bonchev–Trinajstić information content (AvgIpc) is 2.94. The van der Waals surface area contributed by atoms with Gasteiger partial charge in [0, 0.05) is 30.1 Å². The van der Waals surface area contributed by atoms with Crippen LogP contribution in [0.4, 0.5) is 0 Å². The van der Waals surface area contributed by atoms with E-state index in [1.54, 1.807) is 24.5 Å². The monoisotopic (exact) mass is 438 g/mol. The predicted molar refractivity (Wildman–Crippen MR) is 107 cm³/mol. The van der Waals surface area contributed by atoms with Gasteiger partial charge in [0.2, 0.25) is 0 Å². The van der Waals surface area contributed by atoms with Crippen molar-refractivity contribution in [3.8, 4) is 11.5 Å². The Hall–Kier alpha value is -1.57. The van der Waals surface area contributed by atoms with Crippen molar-refractivity contribution in [2.75, 3.05) is 40.3 Å². The average molecular weight is 439 g/mol. The van der Waals surface area contributed by atoms with Gasteiger partial charge >= 0.3 is 0 Å². The summed E-state index contributed by atoms with van der Waals surface area (Å²) in [6.07, 6.45) is 0.997. The molecule has 2 aromatic rings. The van der Waals surface area contributed by atoms with Crippen LogP contribution in [0.15, 0.2) is 34.1 Å². The first-order valence-corrected chi connectivity index (χ1v) is 10.2. The first-order valence-electron chi connectivity index (χ1n) is 8.59. The first-order chi connectivity index (χ1) is 12.6. The molecule has 1 aliphatic rings. The Kier molecular flexibility index (Phi) is 6.56.